The molecule has 3 N–H and O–H groups in total. The number of aliphatic hydroxyl groups is 1. The van der Waals surface area contributed by atoms with Crippen molar-refractivity contribution in [1.29, 1.82) is 0 Å². The normalized spacial score (nSPS) is 14.6. The summed E-state index contributed by atoms with van der Waals surface area (Å²) in [5.41, 5.74) is 0. The maximum atomic E-state index is 13.1. The molecule has 5 unspecified atom stereocenters. The zero-order chi connectivity index (χ0) is 77.4. The molecule has 0 bridgehead atoms. The number of carbonyl (C=O) groups is 4. The van der Waals surface area contributed by atoms with E-state index in [4.69, 9.17) is 37.0 Å². The number of ether oxygens (including phenoxy) is 4. The van der Waals surface area contributed by atoms with Gasteiger partial charge in [-0.05, 0) is 154 Å². The van der Waals surface area contributed by atoms with E-state index in [2.05, 4.69) is 155 Å². The third kappa shape index (κ3) is 77.1. The van der Waals surface area contributed by atoms with Gasteiger partial charge < -0.3 is 33.8 Å². The van der Waals surface area contributed by atoms with E-state index < -0.39 is 97.5 Å². The minimum Gasteiger partial charge on any atom is -0.462 e. The maximum absolute atomic E-state index is 13.1. The molecule has 0 fully saturated rings. The molecule has 0 spiro atoms. The molecule has 0 aromatic heterocycles. The summed E-state index contributed by atoms with van der Waals surface area (Å²) in [6.07, 6.45) is 89.7. The maximum Gasteiger partial charge on any atom is 0.472 e. The van der Waals surface area contributed by atoms with Gasteiger partial charge in [0.15, 0.2) is 12.2 Å². The van der Waals surface area contributed by atoms with Gasteiger partial charge in [-0.1, -0.05) is 289 Å². The number of unbranched alkanes of at least 4 members (excludes halogenated alkanes) is 26. The van der Waals surface area contributed by atoms with Crippen molar-refractivity contribution >= 4 is 39.5 Å². The monoisotopic (exact) mass is 1530 g/mol. The Balaban J connectivity index is 5.46. The molecule has 106 heavy (non-hydrogen) atoms. The van der Waals surface area contributed by atoms with Gasteiger partial charge in [0, 0.05) is 25.7 Å². The minimum absolute atomic E-state index is 0.0297. The van der Waals surface area contributed by atoms with Crippen molar-refractivity contribution in [3.05, 3.63) is 146 Å². The second-order valence-electron chi connectivity index (χ2n) is 26.9. The highest BCUT2D eigenvalue weighted by Crippen LogP contribution is 2.45. The van der Waals surface area contributed by atoms with Crippen molar-refractivity contribution in [2.75, 3.05) is 39.6 Å². The van der Waals surface area contributed by atoms with Crippen molar-refractivity contribution < 1.29 is 80.2 Å². The first-order valence-electron chi connectivity index (χ1n) is 41.1. The smallest absolute Gasteiger partial charge is 0.462 e. The SMILES string of the molecule is CC/C=C\C/C=C\C/C=C\C/C=C\C/C=C\C/C=C\CCC(=O)OCC(COP(=O)(O)OCC(O)COP(=O)(O)OCC(COC(=O)CCCCCCC/C=C\C/C=C\CCCCC)OC(=O)CCCCCCC/C=C\CCCCCCCC)OC(=O)CCCCCCCCC/C=C\C/C=C\C/C=C\CC. The second kappa shape index (κ2) is 78.1. The zero-order valence-electron chi connectivity index (χ0n) is 66.3. The minimum atomic E-state index is -5.00. The number of rotatable bonds is 76. The highest BCUT2D eigenvalue weighted by atomic mass is 31.2. The van der Waals surface area contributed by atoms with Crippen LogP contribution in [0.2, 0.25) is 0 Å². The number of allylic oxidation sites excluding steroid dienone is 24. The Morgan fingerprint density at radius 1 is 0.274 bits per heavy atom. The van der Waals surface area contributed by atoms with Gasteiger partial charge in [-0.15, -0.1) is 0 Å². The first kappa shape index (κ1) is 101. The average Bonchev–Trinajstić information content (AvgIpc) is 0.902. The van der Waals surface area contributed by atoms with E-state index in [0.29, 0.717) is 32.1 Å². The van der Waals surface area contributed by atoms with E-state index in [0.717, 1.165) is 180 Å². The van der Waals surface area contributed by atoms with Crippen LogP contribution in [0, 0.1) is 0 Å². The van der Waals surface area contributed by atoms with Gasteiger partial charge in [0.25, 0.3) is 0 Å². The zero-order valence-corrected chi connectivity index (χ0v) is 68.1. The number of carbonyl (C=O) groups excluding carboxylic acids is 4. The average molecular weight is 1530 g/mol. The molecule has 0 aromatic carbocycles. The summed E-state index contributed by atoms with van der Waals surface area (Å²) >= 11 is 0. The van der Waals surface area contributed by atoms with E-state index in [9.17, 15) is 43.2 Å². The standard InChI is InChI=1S/C87H146O17P2/c1-5-9-13-17-21-25-29-33-37-39-40-42-45-48-52-56-60-64-68-72-85(90)98-78-83(104-87(92)74-70-66-62-58-54-50-46-41-38-34-30-26-22-18-14-10-6-2)80-102-106(95,96)100-76-81(88)75-99-105(93,94)101-79-82(103-86(91)73-69-65-61-57-53-49-44-36-32-28-24-20-16-12-8-4)77-97-84(89)71-67-63-59-55-51-47-43-35-31-27-23-19-15-11-7-3/h9-10,13-14,21-23,25-27,33-38,40,42-44,48,52,60,64,81-83,88H,5-8,11-12,15-20,24,28-32,39,41,45-47,49-51,53-59,61-63,65-80H2,1-4H3,(H,93,94)(H,95,96)/b13-9-,14-10-,25-21-,26-22-,27-23-,37-33-,38-34-,42-40-,43-35-,44-36-,52-48-,64-60-. The molecule has 0 rings (SSSR count). The topological polar surface area (TPSA) is 237 Å². The Hall–Kier alpha value is -5.06. The van der Waals surface area contributed by atoms with E-state index in [1.807, 2.05) is 18.2 Å². The number of esters is 4. The summed E-state index contributed by atoms with van der Waals surface area (Å²) in [5.74, 6) is -2.31. The van der Waals surface area contributed by atoms with Crippen LogP contribution in [0.15, 0.2) is 146 Å². The number of hydrogen-bond donors (Lipinski definition) is 3. The Morgan fingerprint density at radius 2 is 0.509 bits per heavy atom. The van der Waals surface area contributed by atoms with Crippen molar-refractivity contribution in [2.45, 2.75) is 341 Å². The molecule has 0 saturated heterocycles. The third-order valence-electron chi connectivity index (χ3n) is 16.8. The summed E-state index contributed by atoms with van der Waals surface area (Å²) in [4.78, 5) is 73.1. The molecule has 0 aliphatic rings. The summed E-state index contributed by atoms with van der Waals surface area (Å²) in [5, 5.41) is 10.7. The van der Waals surface area contributed by atoms with E-state index >= 15 is 0 Å². The fourth-order valence-corrected chi connectivity index (χ4v) is 12.2. The van der Waals surface area contributed by atoms with Gasteiger partial charge in [0.2, 0.25) is 0 Å². The van der Waals surface area contributed by atoms with Gasteiger partial charge in [-0.2, -0.15) is 0 Å². The summed E-state index contributed by atoms with van der Waals surface area (Å²) in [7, 11) is -10.00. The molecule has 0 amide bonds. The molecule has 0 aliphatic carbocycles. The Morgan fingerprint density at radius 3 is 0.840 bits per heavy atom. The van der Waals surface area contributed by atoms with Crippen LogP contribution >= 0.6 is 15.6 Å². The van der Waals surface area contributed by atoms with E-state index in [1.54, 1.807) is 0 Å². The molecule has 0 aromatic rings. The van der Waals surface area contributed by atoms with Gasteiger partial charge >= 0.3 is 39.5 Å². The predicted octanol–water partition coefficient (Wildman–Crippen LogP) is 24.2. The largest absolute Gasteiger partial charge is 0.472 e. The van der Waals surface area contributed by atoms with Crippen LogP contribution in [0.1, 0.15) is 323 Å². The van der Waals surface area contributed by atoms with Gasteiger partial charge in [-0.25, -0.2) is 9.13 Å². The van der Waals surface area contributed by atoms with Gasteiger partial charge in [0.1, 0.15) is 19.3 Å². The van der Waals surface area contributed by atoms with Crippen LogP contribution in [-0.4, -0.2) is 96.7 Å². The fourth-order valence-electron chi connectivity index (χ4n) is 10.6. The number of hydrogen-bond acceptors (Lipinski definition) is 15. The predicted molar refractivity (Wildman–Crippen MR) is 436 cm³/mol. The van der Waals surface area contributed by atoms with E-state index in [-0.39, 0.29) is 25.7 Å². The summed E-state index contributed by atoms with van der Waals surface area (Å²) in [6, 6.07) is 0. The number of phosphoric ester groups is 2. The highest BCUT2D eigenvalue weighted by Gasteiger charge is 2.30. The number of phosphoric acid groups is 2. The van der Waals surface area contributed by atoms with Crippen molar-refractivity contribution in [3.8, 4) is 0 Å². The van der Waals surface area contributed by atoms with Gasteiger partial charge in [-0.3, -0.25) is 37.3 Å². The molecule has 0 aliphatic heterocycles. The highest BCUT2D eigenvalue weighted by molar-refractivity contribution is 7.47. The molecule has 17 nitrogen and oxygen atoms in total. The van der Waals surface area contributed by atoms with Crippen LogP contribution in [0.25, 0.3) is 0 Å². The van der Waals surface area contributed by atoms with Crippen molar-refractivity contribution in [3.63, 3.8) is 0 Å². The molecule has 0 saturated carbocycles. The first-order valence-corrected chi connectivity index (χ1v) is 44.1. The van der Waals surface area contributed by atoms with Crippen molar-refractivity contribution in [2.24, 2.45) is 0 Å². The Bertz CT molecular complexity index is 2580. The Kier molecular flexibility index (Phi) is 74.3. The molecular weight excluding hydrogens is 1380 g/mol. The second-order valence-corrected chi connectivity index (χ2v) is 29.8. The lowest BCUT2D eigenvalue weighted by Crippen LogP contribution is -2.30. The number of aliphatic hydroxyl groups excluding tert-OH is 1. The van der Waals surface area contributed by atoms with Crippen LogP contribution in [0.4, 0.5) is 0 Å². The van der Waals surface area contributed by atoms with Crippen LogP contribution in [0.3, 0.4) is 0 Å². The van der Waals surface area contributed by atoms with Crippen LogP contribution in [0.5, 0.6) is 0 Å². The molecule has 19 heteroatoms. The molecular formula is C87H146O17P2. The molecule has 0 heterocycles. The Labute approximate surface area is 643 Å². The fraction of sp³-hybridized carbons (Fsp3) is 0.678. The molecule has 606 valence electrons. The van der Waals surface area contributed by atoms with Crippen LogP contribution in [-0.2, 0) is 65.4 Å². The quantitative estimate of drug-likeness (QED) is 0.0169. The lowest BCUT2D eigenvalue weighted by atomic mass is 10.1. The van der Waals surface area contributed by atoms with Crippen LogP contribution < -0.4 is 0 Å². The first-order chi connectivity index (χ1) is 51.7. The summed E-state index contributed by atoms with van der Waals surface area (Å²) < 4.78 is 68.6. The third-order valence-corrected chi connectivity index (χ3v) is 18.7. The molecule has 5 atom stereocenters. The lowest BCUT2D eigenvalue weighted by Gasteiger charge is -2.21. The van der Waals surface area contributed by atoms with E-state index in [1.165, 1.54) is 57.8 Å². The lowest BCUT2D eigenvalue weighted by molar-refractivity contribution is -0.161. The summed E-state index contributed by atoms with van der Waals surface area (Å²) in [6.45, 7) is 4.52. The van der Waals surface area contributed by atoms with Gasteiger partial charge in [0.05, 0.1) is 26.4 Å². The van der Waals surface area contributed by atoms with Crippen molar-refractivity contribution in [1.82, 2.24) is 0 Å². The molecule has 0 radical (unpaired) electrons.